The highest BCUT2D eigenvalue weighted by Crippen LogP contribution is 2.41. The van der Waals surface area contributed by atoms with Crippen molar-refractivity contribution >= 4 is 11.0 Å². The largest absolute Gasteiger partial charge is 0.345 e. The number of aromatic amines is 1. The Morgan fingerprint density at radius 1 is 0.690 bits per heavy atom. The molecule has 0 amide bonds. The van der Waals surface area contributed by atoms with Crippen molar-refractivity contribution in [3.8, 4) is 39.6 Å². The lowest BCUT2D eigenvalue weighted by atomic mass is 9.91. The monoisotopic (exact) mass is 371 g/mol. The van der Waals surface area contributed by atoms with E-state index in [0.717, 1.165) is 38.9 Å². The van der Waals surface area contributed by atoms with Crippen LogP contribution in [0.1, 0.15) is 5.56 Å². The smallest absolute Gasteiger partial charge is 0.139 e. The number of rotatable bonds is 3. The van der Waals surface area contributed by atoms with Gasteiger partial charge in [0.1, 0.15) is 11.7 Å². The molecule has 3 aromatic carbocycles. The molecule has 5 rings (SSSR count). The lowest BCUT2D eigenvalue weighted by molar-refractivity contribution is 1.31. The summed E-state index contributed by atoms with van der Waals surface area (Å²) in [5.41, 5.74) is 7.05. The lowest BCUT2D eigenvalue weighted by Crippen LogP contribution is -1.96. The summed E-state index contributed by atoms with van der Waals surface area (Å²) in [5, 5.41) is 11.2. The van der Waals surface area contributed by atoms with E-state index in [2.05, 4.69) is 23.2 Å². The van der Waals surface area contributed by atoms with Gasteiger partial charge in [-0.2, -0.15) is 5.26 Å². The molecule has 0 unspecified atom stereocenters. The van der Waals surface area contributed by atoms with Crippen molar-refractivity contribution in [1.82, 2.24) is 9.97 Å². The Labute approximate surface area is 168 Å². The molecule has 0 radical (unpaired) electrons. The molecule has 136 valence electrons. The minimum absolute atomic E-state index is 0.590. The summed E-state index contributed by atoms with van der Waals surface area (Å²) in [7, 11) is 0. The van der Waals surface area contributed by atoms with Gasteiger partial charge in [-0.15, -0.1) is 0 Å². The molecule has 0 fully saturated rings. The normalized spacial score (nSPS) is 10.7. The van der Waals surface area contributed by atoms with Gasteiger partial charge in [0, 0.05) is 28.3 Å². The fourth-order valence-electron chi connectivity index (χ4n) is 3.82. The number of aromatic nitrogens is 2. The number of H-pyrrole nitrogens is 1. The molecular weight excluding hydrogens is 354 g/mol. The highest BCUT2D eigenvalue weighted by molar-refractivity contribution is 6.07. The molecule has 0 aliphatic carbocycles. The summed E-state index contributed by atoms with van der Waals surface area (Å²) in [6, 6.07) is 32.6. The van der Waals surface area contributed by atoms with E-state index in [1.807, 2.05) is 85.1 Å². The van der Waals surface area contributed by atoms with Gasteiger partial charge in [0.2, 0.25) is 0 Å². The number of hydrogen-bond acceptors (Lipinski definition) is 2. The summed E-state index contributed by atoms with van der Waals surface area (Å²) < 4.78 is 0. The topological polar surface area (TPSA) is 52.5 Å². The van der Waals surface area contributed by atoms with Crippen molar-refractivity contribution in [3.05, 3.63) is 103 Å². The van der Waals surface area contributed by atoms with Crippen LogP contribution in [0.5, 0.6) is 0 Å². The van der Waals surface area contributed by atoms with Crippen LogP contribution in [0.4, 0.5) is 0 Å². The second-order valence-electron chi connectivity index (χ2n) is 6.85. The molecule has 0 saturated heterocycles. The zero-order valence-electron chi connectivity index (χ0n) is 15.6. The number of fused-ring (bicyclic) bond motifs is 1. The zero-order valence-corrected chi connectivity index (χ0v) is 15.6. The molecule has 0 aliphatic heterocycles. The van der Waals surface area contributed by atoms with Gasteiger partial charge in [-0.1, -0.05) is 91.0 Å². The Hall–Kier alpha value is -4.16. The number of benzene rings is 3. The number of hydrogen-bond donors (Lipinski definition) is 1. The maximum absolute atomic E-state index is 10.2. The summed E-state index contributed by atoms with van der Waals surface area (Å²) in [5.74, 6) is 0. The lowest BCUT2D eigenvalue weighted by Gasteiger charge is -2.13. The van der Waals surface area contributed by atoms with Crippen LogP contribution in [0.15, 0.2) is 97.2 Å². The van der Waals surface area contributed by atoms with Crippen molar-refractivity contribution in [2.24, 2.45) is 0 Å². The molecular formula is C26H17N3. The van der Waals surface area contributed by atoms with Crippen molar-refractivity contribution in [2.75, 3.05) is 0 Å². The summed E-state index contributed by atoms with van der Waals surface area (Å²) >= 11 is 0. The fourth-order valence-corrected chi connectivity index (χ4v) is 3.82. The maximum Gasteiger partial charge on any atom is 0.139 e. The molecule has 3 heteroatoms. The van der Waals surface area contributed by atoms with E-state index in [4.69, 9.17) is 4.98 Å². The summed E-state index contributed by atoms with van der Waals surface area (Å²) in [6.45, 7) is 0. The first kappa shape index (κ1) is 17.0. The first-order chi connectivity index (χ1) is 14.4. The predicted molar refractivity (Wildman–Crippen MR) is 117 cm³/mol. The average molecular weight is 371 g/mol. The van der Waals surface area contributed by atoms with E-state index in [1.165, 1.54) is 0 Å². The number of nitrogens with zero attached hydrogens (tertiary/aromatic N) is 2. The molecule has 2 aromatic heterocycles. The van der Waals surface area contributed by atoms with Gasteiger partial charge in [-0.25, -0.2) is 4.98 Å². The maximum atomic E-state index is 10.2. The second kappa shape index (κ2) is 7.10. The van der Waals surface area contributed by atoms with Crippen molar-refractivity contribution in [2.45, 2.75) is 0 Å². The van der Waals surface area contributed by atoms with Gasteiger partial charge in [0.25, 0.3) is 0 Å². The Morgan fingerprint density at radius 2 is 1.24 bits per heavy atom. The van der Waals surface area contributed by atoms with Gasteiger partial charge < -0.3 is 4.98 Å². The Morgan fingerprint density at radius 3 is 1.83 bits per heavy atom. The summed E-state index contributed by atoms with van der Waals surface area (Å²) in [6.07, 6.45) is 1.98. The van der Waals surface area contributed by atoms with Crippen LogP contribution in [0.25, 0.3) is 44.5 Å². The number of nitrogens with one attached hydrogen (secondary N) is 1. The Bertz CT molecular complexity index is 1330. The van der Waals surface area contributed by atoms with Crippen molar-refractivity contribution < 1.29 is 0 Å². The van der Waals surface area contributed by atoms with E-state index in [9.17, 15) is 5.26 Å². The van der Waals surface area contributed by atoms with Crippen LogP contribution in [-0.2, 0) is 0 Å². The predicted octanol–water partition coefficient (Wildman–Crippen LogP) is 6.44. The van der Waals surface area contributed by atoms with Crippen LogP contribution in [0, 0.1) is 11.3 Å². The van der Waals surface area contributed by atoms with Gasteiger partial charge in [-0.05, 0) is 11.1 Å². The minimum atomic E-state index is 0.590. The number of pyridine rings is 1. The second-order valence-corrected chi connectivity index (χ2v) is 6.85. The van der Waals surface area contributed by atoms with Crippen LogP contribution < -0.4 is 0 Å². The molecule has 0 saturated carbocycles. The first-order valence-corrected chi connectivity index (χ1v) is 9.48. The number of nitriles is 1. The highest BCUT2D eigenvalue weighted by atomic mass is 14.9. The first-order valence-electron chi connectivity index (χ1n) is 9.48. The molecule has 1 N–H and O–H groups in total. The van der Waals surface area contributed by atoms with E-state index >= 15 is 0 Å². The molecule has 29 heavy (non-hydrogen) atoms. The van der Waals surface area contributed by atoms with Gasteiger partial charge in [0.15, 0.2) is 0 Å². The van der Waals surface area contributed by atoms with Crippen LogP contribution >= 0.6 is 0 Å². The summed E-state index contributed by atoms with van der Waals surface area (Å²) in [4.78, 5) is 8.21. The molecule has 0 bridgehead atoms. The Balaban J connectivity index is 1.92. The average Bonchev–Trinajstić information content (AvgIpc) is 3.23. The molecule has 0 atom stereocenters. The van der Waals surface area contributed by atoms with E-state index in [1.54, 1.807) is 0 Å². The van der Waals surface area contributed by atoms with E-state index in [0.29, 0.717) is 11.3 Å². The van der Waals surface area contributed by atoms with Crippen LogP contribution in [-0.4, -0.2) is 9.97 Å². The van der Waals surface area contributed by atoms with Crippen molar-refractivity contribution in [3.63, 3.8) is 0 Å². The minimum Gasteiger partial charge on any atom is -0.345 e. The van der Waals surface area contributed by atoms with Gasteiger partial charge in [-0.3, -0.25) is 0 Å². The molecule has 2 heterocycles. The van der Waals surface area contributed by atoms with E-state index < -0.39 is 0 Å². The van der Waals surface area contributed by atoms with Gasteiger partial charge in [0.05, 0.1) is 11.3 Å². The zero-order chi connectivity index (χ0) is 19.6. The fraction of sp³-hybridized carbons (Fsp3) is 0. The van der Waals surface area contributed by atoms with Crippen LogP contribution in [0.3, 0.4) is 0 Å². The Kier molecular flexibility index (Phi) is 4.16. The molecule has 3 nitrogen and oxygen atoms in total. The SMILES string of the molecule is N#Cc1c(-c2ccccc2)nc2[nH]cc(-c3ccccc3)c2c1-c1ccccc1. The molecule has 0 spiro atoms. The molecule has 0 aliphatic rings. The third kappa shape index (κ3) is 2.88. The van der Waals surface area contributed by atoms with Crippen molar-refractivity contribution in [1.29, 1.82) is 5.26 Å². The third-order valence-corrected chi connectivity index (χ3v) is 5.13. The highest BCUT2D eigenvalue weighted by Gasteiger charge is 2.21. The standard InChI is InChI=1S/C26H17N3/c27-16-21-23(19-12-6-2-7-13-19)24-22(18-10-4-1-5-11-18)17-28-26(24)29-25(21)20-14-8-3-9-15-20/h1-15,17H,(H,28,29). The molecule has 5 aromatic rings. The van der Waals surface area contributed by atoms with Crippen LogP contribution in [0.2, 0.25) is 0 Å². The third-order valence-electron chi connectivity index (χ3n) is 5.13. The van der Waals surface area contributed by atoms with E-state index in [-0.39, 0.29) is 0 Å². The quantitative estimate of drug-likeness (QED) is 0.397. The van der Waals surface area contributed by atoms with Gasteiger partial charge >= 0.3 is 0 Å².